The molecule has 0 unspecified atom stereocenters. The van der Waals surface area contributed by atoms with Crippen molar-refractivity contribution in [2.75, 3.05) is 13.7 Å². The van der Waals surface area contributed by atoms with E-state index < -0.39 is 17.7 Å². The number of carbonyl (C=O) groups is 2. The Morgan fingerprint density at radius 2 is 1.78 bits per heavy atom. The highest BCUT2D eigenvalue weighted by Gasteiger charge is 2.13. The van der Waals surface area contributed by atoms with Gasteiger partial charge in [-0.1, -0.05) is 30.3 Å². The van der Waals surface area contributed by atoms with Crippen LogP contribution < -0.4 is 10.1 Å². The van der Waals surface area contributed by atoms with Gasteiger partial charge in [-0.05, 0) is 18.2 Å². The van der Waals surface area contributed by atoms with E-state index in [1.54, 1.807) is 24.3 Å². The van der Waals surface area contributed by atoms with Gasteiger partial charge >= 0.3 is 5.97 Å². The molecule has 0 aliphatic carbocycles. The Morgan fingerprint density at radius 3 is 2.52 bits per heavy atom. The zero-order valence-corrected chi connectivity index (χ0v) is 12.5. The molecule has 23 heavy (non-hydrogen) atoms. The lowest BCUT2D eigenvalue weighted by molar-refractivity contribution is -0.143. The van der Waals surface area contributed by atoms with Gasteiger partial charge in [-0.2, -0.15) is 0 Å². The van der Waals surface area contributed by atoms with Crippen LogP contribution in [0.5, 0.6) is 5.75 Å². The van der Waals surface area contributed by atoms with Crippen LogP contribution in [0.1, 0.15) is 15.9 Å². The first-order valence-electron chi connectivity index (χ1n) is 6.92. The molecule has 0 atom stereocenters. The number of hydrogen-bond donors (Lipinski definition) is 1. The van der Waals surface area contributed by atoms with E-state index in [0.717, 1.165) is 0 Å². The van der Waals surface area contributed by atoms with Crippen molar-refractivity contribution >= 4 is 11.9 Å². The number of hydrogen-bond acceptors (Lipinski definition) is 4. The van der Waals surface area contributed by atoms with Gasteiger partial charge in [0.15, 0.2) is 0 Å². The van der Waals surface area contributed by atoms with Crippen molar-refractivity contribution in [2.24, 2.45) is 0 Å². The van der Waals surface area contributed by atoms with Gasteiger partial charge in [-0.3, -0.25) is 9.59 Å². The summed E-state index contributed by atoms with van der Waals surface area (Å²) in [5, 5.41) is 2.32. The SMILES string of the molecule is COc1ccccc1COC(=O)CNC(=O)c1ccccc1F. The zero-order chi connectivity index (χ0) is 16.7. The van der Waals surface area contributed by atoms with Crippen molar-refractivity contribution in [3.05, 3.63) is 65.5 Å². The van der Waals surface area contributed by atoms with Crippen molar-refractivity contribution in [1.29, 1.82) is 0 Å². The molecule has 2 rings (SSSR count). The standard InChI is InChI=1S/C17H16FNO4/c1-22-15-9-5-2-6-12(15)11-23-16(20)10-19-17(21)13-7-3-4-8-14(13)18/h2-9H,10-11H2,1H3,(H,19,21). The topological polar surface area (TPSA) is 64.6 Å². The number of carbonyl (C=O) groups excluding carboxylic acids is 2. The second-order valence-corrected chi connectivity index (χ2v) is 4.64. The average Bonchev–Trinajstić information content (AvgIpc) is 2.58. The van der Waals surface area contributed by atoms with Crippen LogP contribution >= 0.6 is 0 Å². The normalized spacial score (nSPS) is 10.0. The fraction of sp³-hybridized carbons (Fsp3) is 0.176. The predicted octanol–water partition coefficient (Wildman–Crippen LogP) is 2.31. The van der Waals surface area contributed by atoms with Crippen LogP contribution in [-0.4, -0.2) is 25.5 Å². The van der Waals surface area contributed by atoms with Crippen LogP contribution in [-0.2, 0) is 16.1 Å². The third kappa shape index (κ3) is 4.54. The van der Waals surface area contributed by atoms with Crippen molar-refractivity contribution in [3.8, 4) is 5.75 Å². The van der Waals surface area contributed by atoms with Gasteiger partial charge in [-0.25, -0.2) is 4.39 Å². The van der Waals surface area contributed by atoms with E-state index in [1.165, 1.54) is 31.4 Å². The highest BCUT2D eigenvalue weighted by Crippen LogP contribution is 2.17. The van der Waals surface area contributed by atoms with Gasteiger partial charge in [0.05, 0.1) is 12.7 Å². The summed E-state index contributed by atoms with van der Waals surface area (Å²) in [6.07, 6.45) is 0. The number of ether oxygens (including phenoxy) is 2. The molecule has 0 heterocycles. The summed E-state index contributed by atoms with van der Waals surface area (Å²) < 4.78 is 23.6. The highest BCUT2D eigenvalue weighted by molar-refractivity contribution is 5.96. The Morgan fingerprint density at radius 1 is 1.09 bits per heavy atom. The Labute approximate surface area is 133 Å². The number of para-hydroxylation sites is 1. The summed E-state index contributed by atoms with van der Waals surface area (Å²) >= 11 is 0. The van der Waals surface area contributed by atoms with E-state index in [4.69, 9.17) is 9.47 Å². The lowest BCUT2D eigenvalue weighted by Crippen LogP contribution is -2.31. The predicted molar refractivity (Wildman–Crippen MR) is 81.5 cm³/mol. The molecule has 0 fully saturated rings. The quantitative estimate of drug-likeness (QED) is 0.830. The molecule has 0 aliphatic rings. The van der Waals surface area contributed by atoms with Gasteiger partial charge < -0.3 is 14.8 Å². The summed E-state index contributed by atoms with van der Waals surface area (Å²) in [5.74, 6) is -1.33. The van der Waals surface area contributed by atoms with Crippen molar-refractivity contribution < 1.29 is 23.5 Å². The molecule has 6 heteroatoms. The number of amides is 1. The molecule has 5 nitrogen and oxygen atoms in total. The third-order valence-corrected chi connectivity index (χ3v) is 3.09. The molecule has 0 spiro atoms. The molecule has 120 valence electrons. The fourth-order valence-corrected chi connectivity index (χ4v) is 1.92. The molecule has 0 aromatic heterocycles. The highest BCUT2D eigenvalue weighted by atomic mass is 19.1. The molecular weight excluding hydrogens is 301 g/mol. The van der Waals surface area contributed by atoms with Crippen molar-refractivity contribution in [1.82, 2.24) is 5.32 Å². The van der Waals surface area contributed by atoms with Gasteiger partial charge in [-0.15, -0.1) is 0 Å². The summed E-state index contributed by atoms with van der Waals surface area (Å²) in [6.45, 7) is -0.319. The smallest absolute Gasteiger partial charge is 0.325 e. The summed E-state index contributed by atoms with van der Waals surface area (Å²) in [7, 11) is 1.52. The second kappa shape index (κ2) is 7.93. The van der Waals surface area contributed by atoms with Crippen LogP contribution in [0.3, 0.4) is 0 Å². The molecule has 0 radical (unpaired) electrons. The van der Waals surface area contributed by atoms with E-state index in [2.05, 4.69) is 5.32 Å². The molecule has 2 aromatic rings. The maximum Gasteiger partial charge on any atom is 0.325 e. The van der Waals surface area contributed by atoms with E-state index in [0.29, 0.717) is 11.3 Å². The van der Waals surface area contributed by atoms with E-state index in [-0.39, 0.29) is 18.7 Å². The van der Waals surface area contributed by atoms with Gasteiger partial charge in [0.25, 0.3) is 5.91 Å². The first kappa shape index (κ1) is 16.5. The van der Waals surface area contributed by atoms with Crippen LogP contribution in [0, 0.1) is 5.82 Å². The van der Waals surface area contributed by atoms with Gasteiger partial charge in [0, 0.05) is 5.56 Å². The van der Waals surface area contributed by atoms with Crippen molar-refractivity contribution in [2.45, 2.75) is 6.61 Å². The minimum absolute atomic E-state index is 0.0262. The lowest BCUT2D eigenvalue weighted by atomic mass is 10.2. The summed E-state index contributed by atoms with van der Waals surface area (Å²) in [5.41, 5.74) is 0.591. The average molecular weight is 317 g/mol. The fourth-order valence-electron chi connectivity index (χ4n) is 1.92. The zero-order valence-electron chi connectivity index (χ0n) is 12.5. The van der Waals surface area contributed by atoms with Gasteiger partial charge in [0.2, 0.25) is 0 Å². The molecule has 0 bridgehead atoms. The van der Waals surface area contributed by atoms with Gasteiger partial charge in [0.1, 0.15) is 24.7 Å². The number of rotatable bonds is 6. The Bertz CT molecular complexity index is 702. The molecular formula is C17H16FNO4. The Balaban J connectivity index is 1.84. The minimum Gasteiger partial charge on any atom is -0.496 e. The van der Waals surface area contributed by atoms with Crippen LogP contribution in [0.2, 0.25) is 0 Å². The lowest BCUT2D eigenvalue weighted by Gasteiger charge is -2.09. The number of esters is 1. The Kier molecular flexibility index (Phi) is 5.68. The van der Waals surface area contributed by atoms with Crippen LogP contribution in [0.4, 0.5) is 4.39 Å². The third-order valence-electron chi connectivity index (χ3n) is 3.09. The number of methoxy groups -OCH3 is 1. The summed E-state index contributed by atoms with van der Waals surface area (Å²) in [6, 6.07) is 12.7. The minimum atomic E-state index is -0.669. The maximum atomic E-state index is 13.4. The van der Waals surface area contributed by atoms with Crippen LogP contribution in [0.25, 0.3) is 0 Å². The number of nitrogens with one attached hydrogen (secondary N) is 1. The van der Waals surface area contributed by atoms with E-state index >= 15 is 0 Å². The number of benzene rings is 2. The maximum absolute atomic E-state index is 13.4. The van der Waals surface area contributed by atoms with Crippen LogP contribution in [0.15, 0.2) is 48.5 Å². The van der Waals surface area contributed by atoms with E-state index in [1.807, 2.05) is 0 Å². The largest absolute Gasteiger partial charge is 0.496 e. The molecule has 2 aromatic carbocycles. The summed E-state index contributed by atoms with van der Waals surface area (Å²) in [4.78, 5) is 23.4. The second-order valence-electron chi connectivity index (χ2n) is 4.64. The van der Waals surface area contributed by atoms with E-state index in [9.17, 15) is 14.0 Å². The monoisotopic (exact) mass is 317 g/mol. The first-order valence-corrected chi connectivity index (χ1v) is 6.92. The number of halogens is 1. The molecule has 1 N–H and O–H groups in total. The molecule has 0 aliphatic heterocycles. The first-order chi connectivity index (χ1) is 11.1. The molecule has 1 amide bonds. The molecule has 0 saturated heterocycles. The Hall–Kier alpha value is -2.89. The van der Waals surface area contributed by atoms with Crippen molar-refractivity contribution in [3.63, 3.8) is 0 Å². The molecule has 0 saturated carbocycles.